The molecule has 0 aliphatic heterocycles. The molecule has 0 fully saturated rings. The lowest BCUT2D eigenvalue weighted by atomic mass is 10.7. The molecule has 0 radical (unpaired) electrons. The first-order valence-electron chi connectivity index (χ1n) is 2.66. The van der Waals surface area contributed by atoms with Gasteiger partial charge in [0.05, 0.1) is 18.5 Å². The maximum atomic E-state index is 8.76. The molecule has 9 heavy (non-hydrogen) atoms. The van der Waals surface area contributed by atoms with E-state index >= 15 is 0 Å². The smallest absolute Gasteiger partial charge is 0.164 e. The van der Waals surface area contributed by atoms with Crippen molar-refractivity contribution in [2.75, 3.05) is 25.7 Å². The Labute approximate surface area is 63.1 Å². The average Bonchev–Trinajstić information content (AvgIpc) is 1.89. The fraction of sp³-hybridized carbons (Fsp3) is 1.00. The maximum absolute atomic E-state index is 8.76. The van der Waals surface area contributed by atoms with E-state index < -0.39 is 6.29 Å². The number of ether oxygens (including phenoxy) is 2. The van der Waals surface area contributed by atoms with Gasteiger partial charge in [0.1, 0.15) is 0 Å². The second kappa shape index (κ2) is 6.48. The molecule has 0 bridgehead atoms. The molecule has 1 N–H and O–H groups in total. The van der Waals surface area contributed by atoms with E-state index in [-0.39, 0.29) is 0 Å². The molecule has 1 atom stereocenters. The Hall–Kier alpha value is 0.360. The predicted octanol–water partition coefficient (Wildman–Crippen LogP) is 0.363. The van der Waals surface area contributed by atoms with Gasteiger partial charge in [-0.2, -0.15) is 0 Å². The van der Waals surface area contributed by atoms with E-state index in [1.807, 2.05) is 0 Å². The fourth-order valence-electron chi connectivity index (χ4n) is 0.312. The number of rotatable bonds is 5. The topological polar surface area (TPSA) is 38.7 Å². The minimum atomic E-state index is -0.708. The fourth-order valence-corrected chi connectivity index (χ4v) is 0.499. The van der Waals surface area contributed by atoms with Gasteiger partial charge < -0.3 is 14.6 Å². The Morgan fingerprint density at radius 2 is 2.22 bits per heavy atom. The van der Waals surface area contributed by atoms with Gasteiger partial charge in [-0.3, -0.25) is 0 Å². The van der Waals surface area contributed by atoms with Crippen LogP contribution in [0.2, 0.25) is 0 Å². The molecule has 4 heteroatoms. The van der Waals surface area contributed by atoms with Crippen LogP contribution in [0.15, 0.2) is 0 Å². The summed E-state index contributed by atoms with van der Waals surface area (Å²) >= 11 is 3.05. The van der Waals surface area contributed by atoms with Gasteiger partial charge in [0.25, 0.3) is 0 Å². The predicted molar refractivity (Wildman–Crippen MR) is 37.6 cm³/mol. The molecule has 0 aromatic rings. The third-order valence-electron chi connectivity index (χ3n) is 0.730. The van der Waals surface area contributed by atoms with E-state index in [0.717, 1.165) is 0 Å². The first-order valence-corrected chi connectivity index (χ1v) is 3.78. The first kappa shape index (κ1) is 9.36. The molecule has 0 rings (SSSR count). The highest BCUT2D eigenvalue weighted by molar-refractivity contribution is 9.09. The molecule has 0 amide bonds. The van der Waals surface area contributed by atoms with Crippen LogP contribution in [0, 0.1) is 0 Å². The molecule has 0 aliphatic rings. The van der Waals surface area contributed by atoms with Gasteiger partial charge in [-0.05, 0) is 0 Å². The molecule has 0 aliphatic carbocycles. The summed E-state index contributed by atoms with van der Waals surface area (Å²) < 4.78 is 9.50. The minimum absolute atomic E-state index is 0.434. The van der Waals surface area contributed by atoms with Gasteiger partial charge in [-0.25, -0.2) is 0 Å². The van der Waals surface area contributed by atoms with Crippen molar-refractivity contribution in [1.82, 2.24) is 0 Å². The Bertz CT molecular complexity index is 60.2. The molecule has 0 saturated carbocycles. The molecular weight excluding hydrogens is 188 g/mol. The van der Waals surface area contributed by atoms with E-state index in [1.165, 1.54) is 0 Å². The summed E-state index contributed by atoms with van der Waals surface area (Å²) in [5.74, 6) is 0. The van der Waals surface area contributed by atoms with Crippen molar-refractivity contribution in [3.05, 3.63) is 0 Å². The normalized spacial score (nSPS) is 13.7. The second-order valence-corrected chi connectivity index (χ2v) is 2.12. The van der Waals surface area contributed by atoms with Gasteiger partial charge in [0.2, 0.25) is 0 Å². The molecule has 0 saturated heterocycles. The van der Waals surface area contributed by atoms with Gasteiger partial charge in [-0.15, -0.1) is 0 Å². The zero-order chi connectivity index (χ0) is 7.11. The van der Waals surface area contributed by atoms with Crippen LogP contribution in [0.5, 0.6) is 0 Å². The van der Waals surface area contributed by atoms with Crippen molar-refractivity contribution in [1.29, 1.82) is 0 Å². The number of aliphatic hydroxyl groups is 1. The van der Waals surface area contributed by atoms with E-state index in [1.54, 1.807) is 7.11 Å². The van der Waals surface area contributed by atoms with Crippen LogP contribution in [-0.4, -0.2) is 37.1 Å². The third kappa shape index (κ3) is 6.24. The van der Waals surface area contributed by atoms with Crippen LogP contribution >= 0.6 is 15.9 Å². The highest BCUT2D eigenvalue weighted by Gasteiger charge is 1.98. The van der Waals surface area contributed by atoms with E-state index in [9.17, 15) is 0 Å². The summed E-state index contributed by atoms with van der Waals surface area (Å²) in [4.78, 5) is 0. The average molecular weight is 199 g/mol. The van der Waals surface area contributed by atoms with Crippen LogP contribution < -0.4 is 0 Å². The van der Waals surface area contributed by atoms with E-state index in [2.05, 4.69) is 20.7 Å². The van der Waals surface area contributed by atoms with Crippen molar-refractivity contribution in [2.45, 2.75) is 6.29 Å². The van der Waals surface area contributed by atoms with Gasteiger partial charge in [0.15, 0.2) is 6.29 Å². The number of hydrogen-bond donors (Lipinski definition) is 1. The van der Waals surface area contributed by atoms with Gasteiger partial charge in [-0.1, -0.05) is 15.9 Å². The monoisotopic (exact) mass is 198 g/mol. The number of alkyl halides is 1. The number of aliphatic hydroxyl groups excluding tert-OH is 1. The van der Waals surface area contributed by atoms with Crippen molar-refractivity contribution >= 4 is 15.9 Å². The molecule has 1 unspecified atom stereocenters. The number of hydrogen-bond acceptors (Lipinski definition) is 3. The molecule has 56 valence electrons. The number of halogens is 1. The lowest BCUT2D eigenvalue weighted by molar-refractivity contribution is -0.0922. The Morgan fingerprint density at radius 3 is 2.67 bits per heavy atom. The minimum Gasteiger partial charge on any atom is -0.382 e. The van der Waals surface area contributed by atoms with Crippen molar-refractivity contribution in [2.24, 2.45) is 0 Å². The van der Waals surface area contributed by atoms with Crippen molar-refractivity contribution < 1.29 is 14.6 Å². The summed E-state index contributed by atoms with van der Waals surface area (Å²) in [6.45, 7) is 0.952. The second-order valence-electron chi connectivity index (χ2n) is 1.47. The highest BCUT2D eigenvalue weighted by Crippen LogP contribution is 1.91. The van der Waals surface area contributed by atoms with Crippen LogP contribution in [0.3, 0.4) is 0 Å². The molecule has 3 nitrogen and oxygen atoms in total. The third-order valence-corrected chi connectivity index (χ3v) is 1.28. The summed E-state index contributed by atoms with van der Waals surface area (Å²) in [7, 11) is 1.59. The lowest BCUT2D eigenvalue weighted by Gasteiger charge is -2.06. The largest absolute Gasteiger partial charge is 0.382 e. The molecule has 0 heterocycles. The SMILES string of the molecule is COCCOC(O)CBr. The number of methoxy groups -OCH3 is 1. The van der Waals surface area contributed by atoms with Crippen LogP contribution in [0.25, 0.3) is 0 Å². The first-order chi connectivity index (χ1) is 4.31. The quantitative estimate of drug-likeness (QED) is 0.394. The van der Waals surface area contributed by atoms with Crippen LogP contribution in [0.1, 0.15) is 0 Å². The Morgan fingerprint density at radius 1 is 1.56 bits per heavy atom. The molecule has 0 aromatic heterocycles. The summed E-state index contributed by atoms with van der Waals surface area (Å²) in [6.07, 6.45) is -0.708. The standard InChI is InChI=1S/C5H11BrO3/c1-8-2-3-9-5(7)4-6/h5,7H,2-4H2,1H3. The lowest BCUT2D eigenvalue weighted by Crippen LogP contribution is -2.16. The zero-order valence-corrected chi connectivity index (χ0v) is 6.93. The molecular formula is C5H11BrO3. The van der Waals surface area contributed by atoms with Crippen LogP contribution in [-0.2, 0) is 9.47 Å². The Kier molecular flexibility index (Phi) is 6.74. The van der Waals surface area contributed by atoms with E-state index in [0.29, 0.717) is 18.5 Å². The molecule has 0 spiro atoms. The van der Waals surface area contributed by atoms with Gasteiger partial charge in [0, 0.05) is 7.11 Å². The van der Waals surface area contributed by atoms with Gasteiger partial charge >= 0.3 is 0 Å². The highest BCUT2D eigenvalue weighted by atomic mass is 79.9. The maximum Gasteiger partial charge on any atom is 0.164 e. The molecule has 0 aromatic carbocycles. The van der Waals surface area contributed by atoms with E-state index in [4.69, 9.17) is 9.84 Å². The summed E-state index contributed by atoms with van der Waals surface area (Å²) in [6, 6.07) is 0. The zero-order valence-electron chi connectivity index (χ0n) is 5.34. The van der Waals surface area contributed by atoms with Crippen LogP contribution in [0.4, 0.5) is 0 Å². The van der Waals surface area contributed by atoms with Crippen molar-refractivity contribution in [3.63, 3.8) is 0 Å². The Balaban J connectivity index is 2.88. The summed E-state index contributed by atoms with van der Waals surface area (Å²) in [5, 5.41) is 9.20. The van der Waals surface area contributed by atoms with Crippen molar-refractivity contribution in [3.8, 4) is 0 Å². The summed E-state index contributed by atoms with van der Waals surface area (Å²) in [5.41, 5.74) is 0.